The Morgan fingerprint density at radius 3 is 2.38 bits per heavy atom. The second-order valence-electron chi connectivity index (χ2n) is 1.68. The third kappa shape index (κ3) is 5.09. The van der Waals surface area contributed by atoms with E-state index in [2.05, 4.69) is 4.65 Å². The van der Waals surface area contributed by atoms with Crippen molar-refractivity contribution in [3.63, 3.8) is 0 Å². The molecule has 0 rings (SSSR count). The van der Waals surface area contributed by atoms with Gasteiger partial charge in [-0.15, -0.1) is 0 Å². The molecule has 0 aliphatic heterocycles. The molecule has 1 unspecified atom stereocenters. The molecule has 5 heteroatoms. The predicted molar refractivity (Wildman–Crippen MR) is 31.3 cm³/mol. The van der Waals surface area contributed by atoms with Gasteiger partial charge in [-0.2, -0.15) is 0 Å². The standard InChI is InChI=1S/C3H8BO3.Na/c1-3(2)7-4(5)6;/h3,5-6H,1H2,2H3;. The van der Waals surface area contributed by atoms with Crippen molar-refractivity contribution in [2.24, 2.45) is 0 Å². The van der Waals surface area contributed by atoms with E-state index in [4.69, 9.17) is 10.0 Å². The van der Waals surface area contributed by atoms with Gasteiger partial charge in [0.2, 0.25) is 0 Å². The Kier molecular flexibility index (Phi) is 5.36. The van der Waals surface area contributed by atoms with Crippen molar-refractivity contribution in [2.75, 3.05) is 0 Å². The Balaban J connectivity index is 3.10. The second kappa shape index (κ2) is 4.79. The Morgan fingerprint density at radius 2 is 2.25 bits per heavy atom. The van der Waals surface area contributed by atoms with Crippen molar-refractivity contribution in [1.29, 1.82) is 0 Å². The fourth-order valence-corrected chi connectivity index (χ4v) is 0.496. The Labute approximate surface area is 66.6 Å². The second-order valence-corrected chi connectivity index (χ2v) is 2.50. The zero-order chi connectivity index (χ0) is 6.57. The number of hydrogen-bond donors (Lipinski definition) is 2. The van der Waals surface area contributed by atoms with Crippen LogP contribution in [0.15, 0.2) is 0 Å². The van der Waals surface area contributed by atoms with Crippen LogP contribution in [0, 0.1) is 0 Å². The molecular weight excluding hydrogens is 118 g/mol. The molecule has 0 radical (unpaired) electrons. The number of rotatable bonds is 3. The van der Waals surface area contributed by atoms with Gasteiger partial charge in [-0.1, -0.05) is 0 Å². The van der Waals surface area contributed by atoms with Gasteiger partial charge in [0.1, 0.15) is 0 Å². The summed E-state index contributed by atoms with van der Waals surface area (Å²) in [5.74, 6) is 0. The molecule has 42 valence electrons. The van der Waals surface area contributed by atoms with Crippen molar-refractivity contribution in [1.82, 2.24) is 0 Å². The maximum absolute atomic E-state index is 8.20. The summed E-state index contributed by atoms with van der Waals surface area (Å²) >= 11 is 1.03. The predicted octanol–water partition coefficient (Wildman–Crippen LogP) is -1.05. The van der Waals surface area contributed by atoms with Crippen LogP contribution in [0.5, 0.6) is 0 Å². The summed E-state index contributed by atoms with van der Waals surface area (Å²) in [5, 5.41) is 16.4. The van der Waals surface area contributed by atoms with E-state index >= 15 is 0 Å². The third-order valence-electron chi connectivity index (χ3n) is 0.929. The maximum atomic E-state index is 8.20. The molecule has 0 aliphatic carbocycles. The van der Waals surface area contributed by atoms with E-state index in [1.165, 1.54) is 0 Å². The van der Waals surface area contributed by atoms with Gasteiger partial charge < -0.3 is 0 Å². The van der Waals surface area contributed by atoms with E-state index in [1.807, 2.05) is 6.92 Å². The van der Waals surface area contributed by atoms with Crippen LogP contribution in [0.1, 0.15) is 6.92 Å². The van der Waals surface area contributed by atoms with E-state index in [0.717, 1.165) is 31.6 Å². The van der Waals surface area contributed by atoms with Crippen LogP contribution in [0.2, 0.25) is 3.67 Å². The Morgan fingerprint density at radius 1 is 1.75 bits per heavy atom. The van der Waals surface area contributed by atoms with Crippen LogP contribution in [-0.4, -0.2) is 51.4 Å². The molecule has 0 aromatic rings. The van der Waals surface area contributed by atoms with Crippen LogP contribution >= 0.6 is 0 Å². The molecule has 8 heavy (non-hydrogen) atoms. The average molecular weight is 126 g/mol. The zero-order valence-electron chi connectivity index (χ0n) is 5.16. The van der Waals surface area contributed by atoms with Crippen molar-refractivity contribution >= 4 is 35.3 Å². The van der Waals surface area contributed by atoms with Crippen LogP contribution in [-0.2, 0) is 4.65 Å². The molecule has 0 fully saturated rings. The van der Waals surface area contributed by atoms with E-state index in [0.29, 0.717) is 0 Å². The van der Waals surface area contributed by atoms with Gasteiger partial charge in [-0.25, -0.2) is 0 Å². The SMILES string of the molecule is CC([CH2][Na])OB(O)O. The molecule has 0 aliphatic rings. The molecule has 3 nitrogen and oxygen atoms in total. The van der Waals surface area contributed by atoms with Crippen LogP contribution in [0.3, 0.4) is 0 Å². The summed E-state index contributed by atoms with van der Waals surface area (Å²) in [7, 11) is -1.60. The molecule has 0 bridgehead atoms. The van der Waals surface area contributed by atoms with E-state index in [-0.39, 0.29) is 6.10 Å². The van der Waals surface area contributed by atoms with Crippen molar-refractivity contribution in [3.05, 3.63) is 0 Å². The minimum absolute atomic E-state index is 0.0123. The fourth-order valence-electron chi connectivity index (χ4n) is 0.304. The summed E-state index contributed by atoms with van der Waals surface area (Å²) in [6.07, 6.45) is -0.0123. The molecule has 0 spiro atoms. The van der Waals surface area contributed by atoms with Crippen LogP contribution in [0.25, 0.3) is 0 Å². The molecular formula is C3H8BNaO3. The quantitative estimate of drug-likeness (QED) is 0.474. The summed E-state index contributed by atoms with van der Waals surface area (Å²) in [6, 6.07) is 0. The first-order valence-electron chi connectivity index (χ1n) is 2.68. The number of hydrogen-bond acceptors (Lipinski definition) is 3. The monoisotopic (exact) mass is 126 g/mol. The normalized spacial score (nSPS) is 13.6. The topological polar surface area (TPSA) is 49.7 Å². The first kappa shape index (κ1) is 8.94. The van der Waals surface area contributed by atoms with Crippen molar-refractivity contribution < 1.29 is 14.7 Å². The first-order valence-corrected chi connectivity index (χ1v) is 4.09. The molecule has 0 heterocycles. The summed E-state index contributed by atoms with van der Waals surface area (Å²) < 4.78 is 5.47. The third-order valence-corrected chi connectivity index (χ3v) is 2.08. The first-order chi connectivity index (χ1) is 3.66. The molecule has 0 saturated heterocycles. The average Bonchev–Trinajstić information content (AvgIpc) is 1.65. The summed E-state index contributed by atoms with van der Waals surface area (Å²) in [4.78, 5) is 0. The van der Waals surface area contributed by atoms with Gasteiger partial charge in [0.15, 0.2) is 0 Å². The molecule has 0 aromatic heterocycles. The minimum atomic E-state index is -1.60. The molecule has 1 atom stereocenters. The van der Waals surface area contributed by atoms with E-state index in [9.17, 15) is 0 Å². The molecule has 0 aromatic carbocycles. The van der Waals surface area contributed by atoms with Crippen molar-refractivity contribution in [3.8, 4) is 0 Å². The van der Waals surface area contributed by atoms with Crippen LogP contribution < -0.4 is 0 Å². The van der Waals surface area contributed by atoms with Gasteiger partial charge in [0.05, 0.1) is 0 Å². The molecule has 2 N–H and O–H groups in total. The summed E-state index contributed by atoms with van der Waals surface area (Å²) in [6.45, 7) is 1.81. The van der Waals surface area contributed by atoms with Gasteiger partial charge in [-0.3, -0.25) is 0 Å². The zero-order valence-corrected chi connectivity index (χ0v) is 7.16. The Bertz CT molecular complexity index is 60.5. The van der Waals surface area contributed by atoms with Gasteiger partial charge in [-0.05, 0) is 0 Å². The fraction of sp³-hybridized carbons (Fsp3) is 1.00. The van der Waals surface area contributed by atoms with Gasteiger partial charge in [0.25, 0.3) is 0 Å². The van der Waals surface area contributed by atoms with Crippen molar-refractivity contribution in [2.45, 2.75) is 16.7 Å². The van der Waals surface area contributed by atoms with E-state index < -0.39 is 7.32 Å². The Hall–Kier alpha value is 0.945. The molecule has 0 saturated carbocycles. The summed E-state index contributed by atoms with van der Waals surface area (Å²) in [5.41, 5.74) is 0. The van der Waals surface area contributed by atoms with Gasteiger partial charge >= 0.3 is 66.7 Å². The van der Waals surface area contributed by atoms with Crippen LogP contribution in [0.4, 0.5) is 0 Å². The molecule has 0 amide bonds. The van der Waals surface area contributed by atoms with E-state index in [1.54, 1.807) is 0 Å². The van der Waals surface area contributed by atoms with Gasteiger partial charge in [0, 0.05) is 0 Å².